The van der Waals surface area contributed by atoms with E-state index in [9.17, 15) is 14.7 Å². The summed E-state index contributed by atoms with van der Waals surface area (Å²) < 4.78 is 0. The molecule has 2 heterocycles. The number of aromatic nitrogens is 1. The fourth-order valence-corrected chi connectivity index (χ4v) is 3.36. The fourth-order valence-electron chi connectivity index (χ4n) is 3.36. The lowest BCUT2D eigenvalue weighted by Crippen LogP contribution is -2.55. The van der Waals surface area contributed by atoms with E-state index in [2.05, 4.69) is 4.98 Å². The zero-order chi connectivity index (χ0) is 16.6. The molecule has 0 radical (unpaired) electrons. The van der Waals surface area contributed by atoms with E-state index in [1.54, 1.807) is 6.92 Å². The summed E-state index contributed by atoms with van der Waals surface area (Å²) >= 11 is 0. The van der Waals surface area contributed by atoms with E-state index in [1.165, 1.54) is 4.90 Å². The Morgan fingerprint density at radius 1 is 1.43 bits per heavy atom. The number of carboxylic acids is 1. The molecule has 1 amide bonds. The molecular formula is C17H21N3O3. The maximum atomic E-state index is 12.7. The average Bonchev–Trinajstić information content (AvgIpc) is 3.12. The number of hydrogen-bond donors (Lipinski definition) is 3. The van der Waals surface area contributed by atoms with Crippen LogP contribution in [0, 0.1) is 0 Å². The number of carboxylic acid groups (broad SMARTS) is 1. The van der Waals surface area contributed by atoms with Gasteiger partial charge in [0.25, 0.3) is 0 Å². The van der Waals surface area contributed by atoms with E-state index >= 15 is 0 Å². The Labute approximate surface area is 134 Å². The number of para-hydroxylation sites is 1. The number of benzene rings is 1. The van der Waals surface area contributed by atoms with Crippen molar-refractivity contribution in [3.63, 3.8) is 0 Å². The van der Waals surface area contributed by atoms with Gasteiger partial charge in [-0.2, -0.15) is 0 Å². The van der Waals surface area contributed by atoms with Gasteiger partial charge in [0.1, 0.15) is 5.54 Å². The van der Waals surface area contributed by atoms with Gasteiger partial charge in [-0.3, -0.25) is 4.79 Å². The van der Waals surface area contributed by atoms with Crippen LogP contribution in [0.2, 0.25) is 0 Å². The van der Waals surface area contributed by atoms with Crippen LogP contribution in [0.3, 0.4) is 0 Å². The first-order chi connectivity index (χ1) is 10.9. The Morgan fingerprint density at radius 3 is 2.91 bits per heavy atom. The molecule has 0 spiro atoms. The van der Waals surface area contributed by atoms with E-state index < -0.39 is 17.6 Å². The second kappa shape index (κ2) is 5.70. The van der Waals surface area contributed by atoms with E-state index in [-0.39, 0.29) is 5.91 Å². The number of nitrogens with one attached hydrogen (secondary N) is 1. The van der Waals surface area contributed by atoms with Gasteiger partial charge < -0.3 is 20.7 Å². The summed E-state index contributed by atoms with van der Waals surface area (Å²) in [7, 11) is 0. The van der Waals surface area contributed by atoms with Crippen molar-refractivity contribution in [1.82, 2.24) is 9.88 Å². The monoisotopic (exact) mass is 315 g/mol. The Kier molecular flexibility index (Phi) is 3.85. The minimum absolute atomic E-state index is 0.294. The normalized spacial score (nSPS) is 22.4. The van der Waals surface area contributed by atoms with Crippen molar-refractivity contribution < 1.29 is 14.7 Å². The van der Waals surface area contributed by atoms with Gasteiger partial charge in [-0.25, -0.2) is 4.79 Å². The molecule has 1 aliphatic rings. The zero-order valence-corrected chi connectivity index (χ0v) is 13.1. The second-order valence-electron chi connectivity index (χ2n) is 6.34. The molecule has 0 bridgehead atoms. The number of aliphatic carboxylic acids is 1. The smallest absolute Gasteiger partial charge is 0.329 e. The van der Waals surface area contributed by atoms with Crippen molar-refractivity contribution in [1.29, 1.82) is 0 Å². The topological polar surface area (TPSA) is 99.4 Å². The molecule has 2 unspecified atom stereocenters. The summed E-state index contributed by atoms with van der Waals surface area (Å²) in [6.45, 7) is 2.04. The fraction of sp³-hybridized carbons (Fsp3) is 0.412. The number of fused-ring (bicyclic) bond motifs is 1. The van der Waals surface area contributed by atoms with Crippen LogP contribution in [0.1, 0.15) is 25.3 Å². The molecule has 122 valence electrons. The first kappa shape index (κ1) is 15.6. The SMILES string of the molecule is CC1(C(=O)O)CCCN1C(=O)C(N)Cc1c[nH]c2ccccc12. The number of aromatic amines is 1. The quantitative estimate of drug-likeness (QED) is 0.796. The number of H-pyrrole nitrogens is 1. The van der Waals surface area contributed by atoms with Gasteiger partial charge in [0, 0.05) is 23.6 Å². The Balaban J connectivity index is 1.79. The number of nitrogens with zero attached hydrogens (tertiary/aromatic N) is 1. The van der Waals surface area contributed by atoms with Crippen LogP contribution in [-0.4, -0.2) is 45.0 Å². The Morgan fingerprint density at radius 2 is 2.17 bits per heavy atom. The van der Waals surface area contributed by atoms with Crippen LogP contribution < -0.4 is 5.73 Å². The molecule has 1 aromatic carbocycles. The number of hydrogen-bond acceptors (Lipinski definition) is 3. The number of rotatable bonds is 4. The average molecular weight is 315 g/mol. The molecule has 0 saturated carbocycles. The van der Waals surface area contributed by atoms with Crippen LogP contribution in [0.15, 0.2) is 30.5 Å². The first-order valence-corrected chi connectivity index (χ1v) is 7.79. The van der Waals surface area contributed by atoms with E-state index in [0.29, 0.717) is 25.8 Å². The number of carbonyl (C=O) groups excluding carboxylic acids is 1. The van der Waals surface area contributed by atoms with Crippen molar-refractivity contribution in [3.05, 3.63) is 36.0 Å². The summed E-state index contributed by atoms with van der Waals surface area (Å²) in [4.78, 5) is 28.8. The predicted molar refractivity (Wildman–Crippen MR) is 87.0 cm³/mol. The van der Waals surface area contributed by atoms with Gasteiger partial charge >= 0.3 is 5.97 Å². The van der Waals surface area contributed by atoms with Crippen LogP contribution in [0.4, 0.5) is 0 Å². The van der Waals surface area contributed by atoms with E-state index in [0.717, 1.165) is 16.5 Å². The molecule has 23 heavy (non-hydrogen) atoms. The molecule has 0 aliphatic carbocycles. The molecule has 6 nitrogen and oxygen atoms in total. The molecule has 1 saturated heterocycles. The van der Waals surface area contributed by atoms with Crippen LogP contribution >= 0.6 is 0 Å². The van der Waals surface area contributed by atoms with Gasteiger partial charge in [0.05, 0.1) is 6.04 Å². The number of carbonyl (C=O) groups is 2. The highest BCUT2D eigenvalue weighted by molar-refractivity contribution is 5.91. The lowest BCUT2D eigenvalue weighted by molar-refractivity contribution is -0.155. The minimum atomic E-state index is -1.14. The molecule has 4 N–H and O–H groups in total. The molecule has 1 aliphatic heterocycles. The van der Waals surface area contributed by atoms with Gasteiger partial charge in [-0.1, -0.05) is 18.2 Å². The lowest BCUT2D eigenvalue weighted by atomic mass is 9.97. The van der Waals surface area contributed by atoms with Crippen LogP contribution in [0.25, 0.3) is 10.9 Å². The number of likely N-dealkylation sites (tertiary alicyclic amines) is 1. The maximum absolute atomic E-state index is 12.7. The van der Waals surface area contributed by atoms with Crippen molar-refractivity contribution in [2.45, 2.75) is 37.8 Å². The van der Waals surface area contributed by atoms with E-state index in [4.69, 9.17) is 5.73 Å². The van der Waals surface area contributed by atoms with Crippen molar-refractivity contribution >= 4 is 22.8 Å². The third kappa shape index (κ3) is 2.59. The maximum Gasteiger partial charge on any atom is 0.329 e. The molecule has 6 heteroatoms. The third-order valence-electron chi connectivity index (χ3n) is 4.80. The summed E-state index contributed by atoms with van der Waals surface area (Å²) in [5, 5.41) is 10.5. The summed E-state index contributed by atoms with van der Waals surface area (Å²) in [6, 6.07) is 7.08. The van der Waals surface area contributed by atoms with Crippen molar-refractivity contribution in [2.75, 3.05) is 6.54 Å². The first-order valence-electron chi connectivity index (χ1n) is 7.79. The molecule has 1 fully saturated rings. The molecule has 1 aromatic heterocycles. The van der Waals surface area contributed by atoms with Crippen molar-refractivity contribution in [3.8, 4) is 0 Å². The van der Waals surface area contributed by atoms with Gasteiger partial charge in [-0.15, -0.1) is 0 Å². The highest BCUT2D eigenvalue weighted by Gasteiger charge is 2.46. The number of nitrogens with two attached hydrogens (primary N) is 1. The summed E-state index contributed by atoms with van der Waals surface area (Å²) in [6.07, 6.45) is 3.40. The number of amides is 1. The molecular weight excluding hydrogens is 294 g/mol. The van der Waals surface area contributed by atoms with Crippen LogP contribution in [-0.2, 0) is 16.0 Å². The lowest BCUT2D eigenvalue weighted by Gasteiger charge is -2.33. The van der Waals surface area contributed by atoms with Gasteiger partial charge in [-0.05, 0) is 37.8 Å². The molecule has 3 rings (SSSR count). The highest BCUT2D eigenvalue weighted by atomic mass is 16.4. The second-order valence-corrected chi connectivity index (χ2v) is 6.34. The summed E-state index contributed by atoms with van der Waals surface area (Å²) in [5.74, 6) is -1.26. The summed E-state index contributed by atoms with van der Waals surface area (Å²) in [5.41, 5.74) is 6.93. The molecule has 2 atom stereocenters. The van der Waals surface area contributed by atoms with Crippen molar-refractivity contribution in [2.24, 2.45) is 5.73 Å². The zero-order valence-electron chi connectivity index (χ0n) is 13.1. The van der Waals surface area contributed by atoms with Crippen LogP contribution in [0.5, 0.6) is 0 Å². The third-order valence-corrected chi connectivity index (χ3v) is 4.80. The largest absolute Gasteiger partial charge is 0.480 e. The van der Waals surface area contributed by atoms with E-state index in [1.807, 2.05) is 30.5 Å². The molecule has 2 aromatic rings. The van der Waals surface area contributed by atoms with Gasteiger partial charge in [0.15, 0.2) is 0 Å². The predicted octanol–water partition coefficient (Wildman–Crippen LogP) is 1.50. The standard InChI is InChI=1S/C17H21N3O3/c1-17(16(22)23)7-4-8-20(17)15(21)13(18)9-11-10-19-14-6-3-2-5-12(11)14/h2-3,5-6,10,13,19H,4,7-9,18H2,1H3,(H,22,23). The highest BCUT2D eigenvalue weighted by Crippen LogP contribution is 2.30. The Bertz CT molecular complexity index is 754. The Hall–Kier alpha value is -2.34. The minimum Gasteiger partial charge on any atom is -0.480 e. The van der Waals surface area contributed by atoms with Gasteiger partial charge in [0.2, 0.25) is 5.91 Å².